The summed E-state index contributed by atoms with van der Waals surface area (Å²) in [4.78, 5) is 0. The number of hydrogen-bond donors (Lipinski definition) is 1. The third-order valence-electron chi connectivity index (χ3n) is 2.12. The van der Waals surface area contributed by atoms with Gasteiger partial charge in [0.2, 0.25) is 5.16 Å². The predicted molar refractivity (Wildman–Crippen MR) is 66.6 cm³/mol. The smallest absolute Gasteiger partial charge is 0.210 e. The molecule has 0 atom stereocenters. The standard InChI is InChI=1S/C11H13FN4S/c1-7(2)17-11-15-14-10(16(11)13)8-5-3-4-6-9(8)12/h3-7H,13H2,1-2H3. The molecule has 6 heteroatoms. The van der Waals surface area contributed by atoms with Crippen LogP contribution in [0.4, 0.5) is 4.39 Å². The van der Waals surface area contributed by atoms with Crippen molar-refractivity contribution in [2.24, 2.45) is 0 Å². The van der Waals surface area contributed by atoms with Gasteiger partial charge in [-0.15, -0.1) is 10.2 Å². The number of nitrogens with two attached hydrogens (primary N) is 1. The van der Waals surface area contributed by atoms with Gasteiger partial charge >= 0.3 is 0 Å². The number of hydrogen-bond acceptors (Lipinski definition) is 4. The third kappa shape index (κ3) is 2.41. The zero-order valence-corrected chi connectivity index (χ0v) is 10.4. The first-order chi connectivity index (χ1) is 8.09. The second kappa shape index (κ2) is 4.75. The lowest BCUT2D eigenvalue weighted by Gasteiger charge is -2.05. The Morgan fingerprint density at radius 1 is 1.29 bits per heavy atom. The highest BCUT2D eigenvalue weighted by atomic mass is 32.2. The van der Waals surface area contributed by atoms with Crippen LogP contribution in [0.25, 0.3) is 11.4 Å². The highest BCUT2D eigenvalue weighted by molar-refractivity contribution is 7.99. The van der Waals surface area contributed by atoms with Crippen LogP contribution in [0.5, 0.6) is 0 Å². The van der Waals surface area contributed by atoms with Gasteiger partial charge in [-0.1, -0.05) is 37.7 Å². The Labute approximate surface area is 103 Å². The Morgan fingerprint density at radius 3 is 2.65 bits per heavy atom. The van der Waals surface area contributed by atoms with E-state index in [1.807, 2.05) is 13.8 Å². The van der Waals surface area contributed by atoms with E-state index in [0.717, 1.165) is 0 Å². The second-order valence-electron chi connectivity index (χ2n) is 3.82. The molecule has 0 aliphatic heterocycles. The van der Waals surface area contributed by atoms with Gasteiger partial charge in [-0.05, 0) is 12.1 Å². The molecule has 0 saturated carbocycles. The fraction of sp³-hybridized carbons (Fsp3) is 0.273. The molecule has 17 heavy (non-hydrogen) atoms. The molecule has 0 spiro atoms. The molecule has 0 fully saturated rings. The van der Waals surface area contributed by atoms with E-state index < -0.39 is 0 Å². The zero-order valence-electron chi connectivity index (χ0n) is 9.59. The monoisotopic (exact) mass is 252 g/mol. The molecular weight excluding hydrogens is 239 g/mol. The molecule has 1 heterocycles. The number of rotatable bonds is 3. The lowest BCUT2D eigenvalue weighted by atomic mass is 10.2. The van der Waals surface area contributed by atoms with E-state index in [-0.39, 0.29) is 5.82 Å². The molecule has 90 valence electrons. The molecule has 4 nitrogen and oxygen atoms in total. The fourth-order valence-corrected chi connectivity index (χ4v) is 2.10. The number of benzene rings is 1. The molecular formula is C11H13FN4S. The van der Waals surface area contributed by atoms with Gasteiger partial charge in [-0.3, -0.25) is 0 Å². The number of thioether (sulfide) groups is 1. The Kier molecular flexibility index (Phi) is 3.33. The van der Waals surface area contributed by atoms with E-state index in [9.17, 15) is 4.39 Å². The Hall–Kier alpha value is -1.56. The van der Waals surface area contributed by atoms with E-state index in [0.29, 0.717) is 21.8 Å². The number of nitrogen functional groups attached to an aromatic ring is 1. The van der Waals surface area contributed by atoms with Crippen LogP contribution in [0.3, 0.4) is 0 Å². The van der Waals surface area contributed by atoms with Crippen molar-refractivity contribution in [1.29, 1.82) is 0 Å². The summed E-state index contributed by atoms with van der Waals surface area (Å²) in [5, 5.41) is 8.81. The first-order valence-corrected chi connectivity index (χ1v) is 6.09. The van der Waals surface area contributed by atoms with Crippen molar-refractivity contribution in [1.82, 2.24) is 14.9 Å². The van der Waals surface area contributed by atoms with Crippen molar-refractivity contribution in [3.8, 4) is 11.4 Å². The largest absolute Gasteiger partial charge is 0.335 e. The van der Waals surface area contributed by atoms with Crippen LogP contribution in [-0.2, 0) is 0 Å². The summed E-state index contributed by atoms with van der Waals surface area (Å²) in [5.74, 6) is 5.84. The van der Waals surface area contributed by atoms with Gasteiger partial charge in [-0.2, -0.15) is 0 Å². The van der Waals surface area contributed by atoms with E-state index in [2.05, 4.69) is 10.2 Å². The number of halogens is 1. The lowest BCUT2D eigenvalue weighted by molar-refractivity contribution is 0.629. The highest BCUT2D eigenvalue weighted by Gasteiger charge is 2.15. The van der Waals surface area contributed by atoms with Crippen molar-refractivity contribution in [2.45, 2.75) is 24.3 Å². The summed E-state index contributed by atoms with van der Waals surface area (Å²) in [6.45, 7) is 4.06. The average molecular weight is 252 g/mol. The van der Waals surface area contributed by atoms with Crippen molar-refractivity contribution in [2.75, 3.05) is 5.84 Å². The second-order valence-corrected chi connectivity index (χ2v) is 5.37. The molecule has 2 aromatic rings. The molecule has 0 unspecified atom stereocenters. The molecule has 1 aromatic carbocycles. The van der Waals surface area contributed by atoms with Crippen LogP contribution in [-0.4, -0.2) is 20.1 Å². The topological polar surface area (TPSA) is 56.7 Å². The highest BCUT2D eigenvalue weighted by Crippen LogP contribution is 2.25. The Bertz CT molecular complexity index is 524. The molecule has 2 rings (SSSR count). The van der Waals surface area contributed by atoms with E-state index in [1.165, 1.54) is 22.5 Å². The van der Waals surface area contributed by atoms with Crippen LogP contribution >= 0.6 is 11.8 Å². The summed E-state index contributed by atoms with van der Waals surface area (Å²) >= 11 is 1.49. The van der Waals surface area contributed by atoms with Gasteiger partial charge in [0.25, 0.3) is 0 Å². The first-order valence-electron chi connectivity index (χ1n) is 5.21. The average Bonchev–Trinajstić information content (AvgIpc) is 2.61. The van der Waals surface area contributed by atoms with Crippen LogP contribution in [0.15, 0.2) is 29.4 Å². The van der Waals surface area contributed by atoms with Gasteiger partial charge in [0.1, 0.15) is 5.82 Å². The van der Waals surface area contributed by atoms with E-state index in [1.54, 1.807) is 18.2 Å². The number of nitrogens with zero attached hydrogens (tertiary/aromatic N) is 3. The maximum Gasteiger partial charge on any atom is 0.210 e. The van der Waals surface area contributed by atoms with Crippen molar-refractivity contribution >= 4 is 11.8 Å². The van der Waals surface area contributed by atoms with Gasteiger partial charge in [-0.25, -0.2) is 9.07 Å². The zero-order chi connectivity index (χ0) is 12.4. The summed E-state index contributed by atoms with van der Waals surface area (Å²) in [6.07, 6.45) is 0. The van der Waals surface area contributed by atoms with Crippen LogP contribution in [0.2, 0.25) is 0 Å². The minimum atomic E-state index is -0.354. The van der Waals surface area contributed by atoms with Crippen LogP contribution in [0, 0.1) is 5.82 Å². The van der Waals surface area contributed by atoms with Crippen molar-refractivity contribution in [3.05, 3.63) is 30.1 Å². The van der Waals surface area contributed by atoms with Crippen LogP contribution in [0.1, 0.15) is 13.8 Å². The van der Waals surface area contributed by atoms with E-state index in [4.69, 9.17) is 5.84 Å². The van der Waals surface area contributed by atoms with Crippen molar-refractivity contribution in [3.63, 3.8) is 0 Å². The molecule has 0 radical (unpaired) electrons. The van der Waals surface area contributed by atoms with Gasteiger partial charge in [0, 0.05) is 5.25 Å². The lowest BCUT2D eigenvalue weighted by Crippen LogP contribution is -2.12. The SMILES string of the molecule is CC(C)Sc1nnc(-c2ccccc2F)n1N. The predicted octanol–water partition coefficient (Wildman–Crippen LogP) is 2.30. The summed E-state index contributed by atoms with van der Waals surface area (Å²) < 4.78 is 14.9. The maximum atomic E-state index is 13.6. The molecule has 0 aliphatic rings. The quantitative estimate of drug-likeness (QED) is 0.672. The molecule has 0 aliphatic carbocycles. The Balaban J connectivity index is 2.41. The number of aromatic nitrogens is 3. The van der Waals surface area contributed by atoms with Gasteiger partial charge in [0.05, 0.1) is 5.56 Å². The summed E-state index contributed by atoms with van der Waals surface area (Å²) in [7, 11) is 0. The molecule has 0 bridgehead atoms. The molecule has 2 N–H and O–H groups in total. The summed E-state index contributed by atoms with van der Waals surface area (Å²) in [6, 6.07) is 6.37. The molecule has 1 aromatic heterocycles. The van der Waals surface area contributed by atoms with Gasteiger partial charge in [0.15, 0.2) is 5.82 Å². The van der Waals surface area contributed by atoms with Gasteiger partial charge < -0.3 is 5.84 Å². The minimum absolute atomic E-state index is 0.339. The summed E-state index contributed by atoms with van der Waals surface area (Å²) in [5.41, 5.74) is 0.359. The van der Waals surface area contributed by atoms with Crippen LogP contribution < -0.4 is 5.84 Å². The molecule has 0 saturated heterocycles. The Morgan fingerprint density at radius 2 is 2.00 bits per heavy atom. The molecule has 0 amide bonds. The van der Waals surface area contributed by atoms with E-state index >= 15 is 0 Å². The van der Waals surface area contributed by atoms with Crippen molar-refractivity contribution < 1.29 is 4.39 Å². The minimum Gasteiger partial charge on any atom is -0.335 e. The third-order valence-corrected chi connectivity index (χ3v) is 3.08. The normalized spacial score (nSPS) is 11.1. The first kappa shape index (κ1) is 11.9. The maximum absolute atomic E-state index is 13.6. The fourth-order valence-electron chi connectivity index (χ4n) is 1.39.